The lowest BCUT2D eigenvalue weighted by atomic mass is 9.96. The van der Waals surface area contributed by atoms with Crippen molar-refractivity contribution in [1.82, 2.24) is 15.2 Å². The van der Waals surface area contributed by atoms with Gasteiger partial charge >= 0.3 is 18.4 Å². The fourth-order valence-corrected chi connectivity index (χ4v) is 5.45. The van der Waals surface area contributed by atoms with Crippen LogP contribution in [0, 0.1) is 6.92 Å². The molecule has 2 heterocycles. The van der Waals surface area contributed by atoms with Crippen LogP contribution in [0.25, 0.3) is 11.6 Å². The topological polar surface area (TPSA) is 135 Å². The van der Waals surface area contributed by atoms with Crippen molar-refractivity contribution in [3.8, 4) is 17.5 Å². The minimum Gasteiger partial charge on any atom is -0.471 e. The second-order valence-corrected chi connectivity index (χ2v) is 15.4. The smallest absolute Gasteiger partial charge is 0.426 e. The number of rotatable bonds is 17. The molecule has 4 aromatic rings. The van der Waals surface area contributed by atoms with E-state index in [1.54, 1.807) is 84.9 Å². The summed E-state index contributed by atoms with van der Waals surface area (Å²) in [5, 5.41) is 7.85. The molecule has 2 aromatic carbocycles. The zero-order valence-corrected chi connectivity index (χ0v) is 33.9. The summed E-state index contributed by atoms with van der Waals surface area (Å²) < 4.78 is 80.9. The van der Waals surface area contributed by atoms with Crippen molar-refractivity contribution in [2.75, 3.05) is 11.5 Å². The van der Waals surface area contributed by atoms with Gasteiger partial charge in [-0.1, -0.05) is 72.8 Å². The van der Waals surface area contributed by atoms with Crippen molar-refractivity contribution in [3.05, 3.63) is 115 Å². The van der Waals surface area contributed by atoms with Gasteiger partial charge < -0.3 is 28.1 Å². The molecule has 312 valence electrons. The van der Waals surface area contributed by atoms with Crippen molar-refractivity contribution >= 4 is 17.9 Å². The molecule has 0 saturated carbocycles. The molecule has 0 N–H and O–H groups in total. The minimum absolute atomic E-state index is 0.0314. The van der Waals surface area contributed by atoms with E-state index in [4.69, 9.17) is 28.1 Å². The van der Waals surface area contributed by atoms with E-state index in [0.29, 0.717) is 29.1 Å². The van der Waals surface area contributed by atoms with Gasteiger partial charge in [0.1, 0.15) is 17.3 Å². The summed E-state index contributed by atoms with van der Waals surface area (Å²) >= 11 is 0. The largest absolute Gasteiger partial charge is 0.471 e. The van der Waals surface area contributed by atoms with Gasteiger partial charge in [0.15, 0.2) is 5.69 Å². The number of ether oxygens (including phenoxy) is 5. The van der Waals surface area contributed by atoms with Crippen LogP contribution in [0.5, 0.6) is 5.88 Å². The first-order valence-electron chi connectivity index (χ1n) is 18.6. The summed E-state index contributed by atoms with van der Waals surface area (Å²) in [5.41, 5.74) is -4.25. The monoisotopic (exact) mass is 808 g/mol. The van der Waals surface area contributed by atoms with Gasteiger partial charge in [-0.05, 0) is 78.5 Å². The number of anilines is 1. The third-order valence-corrected chi connectivity index (χ3v) is 8.12. The van der Waals surface area contributed by atoms with E-state index >= 15 is 13.2 Å². The predicted octanol–water partition coefficient (Wildman–Crippen LogP) is 10.6. The maximum Gasteiger partial charge on any atom is 0.426 e. The SMILES string of the molecule is C=CCC[C@@](OCc1ccccc1)(c1nnc(-c2nc(O[C@@H](CC=C)COCc3ccccc3)c(C)cc2N(C(=O)OC(C)(C)C)C(=O)OC(C)(C)C)o1)C(F)(F)F. The Labute approximate surface area is 337 Å². The van der Waals surface area contributed by atoms with E-state index in [-0.39, 0.29) is 30.3 Å². The molecule has 58 heavy (non-hydrogen) atoms. The Morgan fingerprint density at radius 2 is 1.41 bits per heavy atom. The number of allylic oxidation sites excluding steroid dienone is 1. The molecule has 2 amide bonds. The van der Waals surface area contributed by atoms with Gasteiger partial charge in [-0.25, -0.2) is 14.6 Å². The molecule has 2 aromatic heterocycles. The molecule has 0 unspecified atom stereocenters. The molecule has 0 radical (unpaired) electrons. The predicted molar refractivity (Wildman–Crippen MR) is 211 cm³/mol. The number of pyridine rings is 1. The number of hydrogen-bond acceptors (Lipinski definition) is 11. The number of imide groups is 1. The van der Waals surface area contributed by atoms with Gasteiger partial charge in [0.25, 0.3) is 11.8 Å². The molecule has 0 aliphatic heterocycles. The van der Waals surface area contributed by atoms with E-state index in [1.807, 2.05) is 30.3 Å². The van der Waals surface area contributed by atoms with Crippen LogP contribution in [-0.2, 0) is 37.8 Å². The molecule has 4 rings (SSSR count). The first-order valence-corrected chi connectivity index (χ1v) is 18.6. The van der Waals surface area contributed by atoms with Gasteiger partial charge in [0.2, 0.25) is 11.5 Å². The van der Waals surface area contributed by atoms with E-state index in [0.717, 1.165) is 5.56 Å². The summed E-state index contributed by atoms with van der Waals surface area (Å²) in [4.78, 5) is 32.9. The number of carbonyl (C=O) groups is 2. The maximum atomic E-state index is 15.3. The molecule has 0 fully saturated rings. The molecule has 0 bridgehead atoms. The molecule has 0 aliphatic rings. The number of alkyl halides is 3. The van der Waals surface area contributed by atoms with Crippen LogP contribution >= 0.6 is 0 Å². The van der Waals surface area contributed by atoms with Gasteiger partial charge in [0.05, 0.1) is 25.5 Å². The second kappa shape index (κ2) is 19.3. The van der Waals surface area contributed by atoms with Gasteiger partial charge in [0, 0.05) is 12.0 Å². The third kappa shape index (κ3) is 12.2. The Balaban J connectivity index is 1.90. The summed E-state index contributed by atoms with van der Waals surface area (Å²) in [7, 11) is 0. The Morgan fingerprint density at radius 1 is 0.845 bits per heavy atom. The Morgan fingerprint density at radius 3 is 1.93 bits per heavy atom. The third-order valence-electron chi connectivity index (χ3n) is 8.12. The van der Waals surface area contributed by atoms with E-state index < -0.39 is 66.1 Å². The van der Waals surface area contributed by atoms with Gasteiger partial charge in [-0.2, -0.15) is 18.1 Å². The van der Waals surface area contributed by atoms with E-state index in [1.165, 1.54) is 12.1 Å². The number of benzene rings is 2. The average Bonchev–Trinajstić information content (AvgIpc) is 3.62. The molecule has 15 heteroatoms. The number of aromatic nitrogens is 3. The lowest BCUT2D eigenvalue weighted by Crippen LogP contribution is -2.45. The number of nitrogens with zero attached hydrogens (tertiary/aromatic N) is 4. The van der Waals surface area contributed by atoms with Crippen molar-refractivity contribution < 1.29 is 50.9 Å². The van der Waals surface area contributed by atoms with Crippen molar-refractivity contribution in [2.45, 2.75) is 110 Å². The number of halogens is 3. The summed E-state index contributed by atoms with van der Waals surface area (Å²) in [6.45, 7) is 18.5. The fraction of sp³-hybridized carbons (Fsp3) is 0.419. The number of amides is 2. The van der Waals surface area contributed by atoms with E-state index in [2.05, 4.69) is 28.3 Å². The first kappa shape index (κ1) is 45.2. The van der Waals surface area contributed by atoms with Crippen molar-refractivity contribution in [3.63, 3.8) is 0 Å². The molecule has 0 aliphatic carbocycles. The summed E-state index contributed by atoms with van der Waals surface area (Å²) in [6.07, 6.45) is -5.58. The lowest BCUT2D eigenvalue weighted by molar-refractivity contribution is -0.299. The van der Waals surface area contributed by atoms with Crippen molar-refractivity contribution in [2.24, 2.45) is 0 Å². The van der Waals surface area contributed by atoms with Gasteiger partial charge in [-0.15, -0.1) is 23.4 Å². The van der Waals surface area contributed by atoms with Crippen LogP contribution in [0.4, 0.5) is 28.4 Å². The molecule has 0 spiro atoms. The number of hydrogen-bond donors (Lipinski definition) is 0. The number of carbonyl (C=O) groups excluding carboxylic acids is 2. The van der Waals surface area contributed by atoms with Crippen LogP contribution < -0.4 is 9.64 Å². The minimum atomic E-state index is -5.07. The highest BCUT2D eigenvalue weighted by Gasteiger charge is 2.61. The zero-order chi connectivity index (χ0) is 42.7. The molecular weight excluding hydrogens is 757 g/mol. The van der Waals surface area contributed by atoms with Gasteiger partial charge in [-0.3, -0.25) is 0 Å². The quantitative estimate of drug-likeness (QED) is 0.0943. The van der Waals surface area contributed by atoms with Crippen molar-refractivity contribution in [1.29, 1.82) is 0 Å². The summed E-state index contributed by atoms with van der Waals surface area (Å²) in [6, 6.07) is 19.2. The van der Waals surface area contributed by atoms with Crippen LogP contribution in [0.15, 0.2) is 96.5 Å². The average molecular weight is 809 g/mol. The highest BCUT2D eigenvalue weighted by atomic mass is 19.4. The number of aryl methyl sites for hydroxylation is 1. The Kier molecular flexibility index (Phi) is 15.0. The molecular formula is C43H51F3N4O8. The first-order chi connectivity index (χ1) is 27.3. The summed E-state index contributed by atoms with van der Waals surface area (Å²) in [5.74, 6) is -1.57. The van der Waals surface area contributed by atoms with Crippen LogP contribution in [0.3, 0.4) is 0 Å². The van der Waals surface area contributed by atoms with Crippen LogP contribution in [0.1, 0.15) is 83.4 Å². The standard InChI is InChI=1S/C43H51F3N4O8/c1-10-12-24-42(43(44,45)46,54-27-31-22-17-14-18-23-31)37-49-48-36(56-37)34-33(50(38(51)57-40(4,5)6)39(52)58-41(7,8)9)25-29(3)35(47-34)55-32(19-11-2)28-53-26-30-20-15-13-16-21-30/h10-11,13-18,20-23,25,32H,1-2,12,19,24,26-28H2,3-9H3/t32-,42+/m0/s1. The zero-order valence-electron chi connectivity index (χ0n) is 33.9. The normalized spacial score (nSPS) is 13.6. The molecule has 12 nitrogen and oxygen atoms in total. The lowest BCUT2D eigenvalue weighted by Gasteiger charge is -2.32. The van der Waals surface area contributed by atoms with E-state index in [9.17, 15) is 9.59 Å². The Hall–Kier alpha value is -5.54. The highest BCUT2D eigenvalue weighted by molar-refractivity contribution is 6.11. The molecule has 0 saturated heterocycles. The maximum absolute atomic E-state index is 15.3. The highest BCUT2D eigenvalue weighted by Crippen LogP contribution is 2.47. The fourth-order valence-electron chi connectivity index (χ4n) is 5.45. The van der Waals surface area contributed by atoms with Crippen LogP contribution in [-0.4, -0.2) is 57.5 Å². The Bertz CT molecular complexity index is 1960. The van der Waals surface area contributed by atoms with Crippen LogP contribution in [0.2, 0.25) is 0 Å². The second-order valence-electron chi connectivity index (χ2n) is 15.4. The molecule has 2 atom stereocenters.